The molecular weight excluding hydrogens is 394 g/mol. The van der Waals surface area contributed by atoms with Gasteiger partial charge >= 0.3 is 5.97 Å². The Balaban J connectivity index is 1.69. The number of amides is 2. The van der Waals surface area contributed by atoms with Crippen LogP contribution in [0.15, 0.2) is 42.6 Å². The number of carboxylic acid groups (broad SMARTS) is 1. The molecule has 6 N–H and O–H groups in total. The van der Waals surface area contributed by atoms with E-state index in [1.54, 1.807) is 0 Å². The van der Waals surface area contributed by atoms with Crippen LogP contribution >= 0.6 is 0 Å². The van der Waals surface area contributed by atoms with Crippen molar-refractivity contribution in [1.29, 1.82) is 5.41 Å². The maximum Gasteiger partial charge on any atom is 0.354 e. The number of anilines is 2. The molecule has 0 spiro atoms. The SMILES string of the molecule is N=C(N)c1ccc(NC(=O)[C@H](O)[C@H]2OCCN(c3ccc(C(=O)O)nc3)C2=O)cc1. The van der Waals surface area contributed by atoms with E-state index in [9.17, 15) is 19.5 Å². The summed E-state index contributed by atoms with van der Waals surface area (Å²) >= 11 is 0. The summed E-state index contributed by atoms with van der Waals surface area (Å²) in [6.45, 7) is 0.221. The molecule has 2 amide bonds. The summed E-state index contributed by atoms with van der Waals surface area (Å²) in [6, 6.07) is 8.74. The average molecular weight is 413 g/mol. The monoisotopic (exact) mass is 413 g/mol. The van der Waals surface area contributed by atoms with Crippen molar-refractivity contribution in [2.24, 2.45) is 5.73 Å². The number of amidine groups is 1. The van der Waals surface area contributed by atoms with Crippen molar-refractivity contribution >= 4 is 35.0 Å². The molecule has 3 rings (SSSR count). The molecule has 156 valence electrons. The molecule has 11 nitrogen and oxygen atoms in total. The number of aliphatic hydroxyl groups is 1. The van der Waals surface area contributed by atoms with Crippen LogP contribution in [0, 0.1) is 5.41 Å². The normalized spacial score (nSPS) is 17.3. The summed E-state index contributed by atoms with van der Waals surface area (Å²) in [7, 11) is 0. The summed E-state index contributed by atoms with van der Waals surface area (Å²) in [5.41, 5.74) is 6.34. The predicted octanol–water partition coefficient (Wildman–Crippen LogP) is -0.205. The number of benzene rings is 1. The average Bonchev–Trinajstić information content (AvgIpc) is 2.74. The van der Waals surface area contributed by atoms with Gasteiger partial charge in [0.05, 0.1) is 18.5 Å². The number of rotatable bonds is 6. The van der Waals surface area contributed by atoms with E-state index in [-0.39, 0.29) is 24.7 Å². The van der Waals surface area contributed by atoms with Gasteiger partial charge in [-0.3, -0.25) is 15.0 Å². The molecule has 1 fully saturated rings. The van der Waals surface area contributed by atoms with Crippen LogP contribution in [0.25, 0.3) is 0 Å². The van der Waals surface area contributed by atoms with E-state index < -0.39 is 30.0 Å². The molecule has 2 heterocycles. The van der Waals surface area contributed by atoms with E-state index >= 15 is 0 Å². The minimum atomic E-state index is -1.78. The van der Waals surface area contributed by atoms with Crippen molar-refractivity contribution in [3.8, 4) is 0 Å². The minimum absolute atomic E-state index is 0.0642. The Bertz CT molecular complexity index is 976. The van der Waals surface area contributed by atoms with Crippen molar-refractivity contribution in [1.82, 2.24) is 4.98 Å². The van der Waals surface area contributed by atoms with E-state index in [1.807, 2.05) is 0 Å². The topological polar surface area (TPSA) is 179 Å². The van der Waals surface area contributed by atoms with Crippen LogP contribution in [0.3, 0.4) is 0 Å². The molecule has 2 atom stereocenters. The van der Waals surface area contributed by atoms with Crippen LogP contribution in [0.2, 0.25) is 0 Å². The highest BCUT2D eigenvalue weighted by Crippen LogP contribution is 2.21. The Morgan fingerprint density at radius 3 is 2.53 bits per heavy atom. The van der Waals surface area contributed by atoms with Gasteiger partial charge in [-0.1, -0.05) is 0 Å². The fourth-order valence-electron chi connectivity index (χ4n) is 2.85. The van der Waals surface area contributed by atoms with Gasteiger partial charge in [-0.15, -0.1) is 0 Å². The molecule has 0 aliphatic carbocycles. The maximum absolute atomic E-state index is 12.7. The molecule has 0 saturated carbocycles. The second-order valence-corrected chi connectivity index (χ2v) is 6.41. The number of nitrogens with two attached hydrogens (primary N) is 1. The van der Waals surface area contributed by atoms with Crippen molar-refractivity contribution in [2.75, 3.05) is 23.4 Å². The first-order valence-electron chi connectivity index (χ1n) is 8.83. The third kappa shape index (κ3) is 4.42. The minimum Gasteiger partial charge on any atom is -0.477 e. The van der Waals surface area contributed by atoms with Gasteiger partial charge in [-0.2, -0.15) is 0 Å². The Labute approximate surface area is 170 Å². The van der Waals surface area contributed by atoms with E-state index in [1.165, 1.54) is 47.5 Å². The molecule has 1 saturated heterocycles. The van der Waals surface area contributed by atoms with Crippen LogP contribution < -0.4 is 16.0 Å². The smallest absolute Gasteiger partial charge is 0.354 e. The van der Waals surface area contributed by atoms with Gasteiger partial charge in [0.1, 0.15) is 11.5 Å². The molecule has 0 radical (unpaired) electrons. The Morgan fingerprint density at radius 1 is 1.27 bits per heavy atom. The number of carbonyl (C=O) groups excluding carboxylic acids is 2. The number of hydrogen-bond donors (Lipinski definition) is 5. The van der Waals surface area contributed by atoms with Crippen LogP contribution in [0.4, 0.5) is 11.4 Å². The highest BCUT2D eigenvalue weighted by molar-refractivity contribution is 6.04. The van der Waals surface area contributed by atoms with E-state index in [0.29, 0.717) is 16.9 Å². The summed E-state index contributed by atoms with van der Waals surface area (Å²) in [4.78, 5) is 41.1. The Morgan fingerprint density at radius 2 is 1.97 bits per heavy atom. The van der Waals surface area contributed by atoms with Crippen LogP contribution in [0.1, 0.15) is 16.1 Å². The fourth-order valence-corrected chi connectivity index (χ4v) is 2.85. The highest BCUT2D eigenvalue weighted by atomic mass is 16.5. The number of aromatic carboxylic acids is 1. The molecule has 0 bridgehead atoms. The van der Waals surface area contributed by atoms with Gasteiger partial charge in [0, 0.05) is 17.8 Å². The predicted molar refractivity (Wildman–Crippen MR) is 105 cm³/mol. The largest absolute Gasteiger partial charge is 0.477 e. The number of pyridine rings is 1. The number of nitrogen functional groups attached to an aromatic ring is 1. The summed E-state index contributed by atoms with van der Waals surface area (Å²) < 4.78 is 5.31. The second kappa shape index (κ2) is 8.68. The van der Waals surface area contributed by atoms with Crippen LogP contribution in [-0.2, 0) is 14.3 Å². The van der Waals surface area contributed by atoms with Gasteiger partial charge in [0.15, 0.2) is 12.2 Å². The number of hydrogen-bond acceptors (Lipinski definition) is 7. The summed E-state index contributed by atoms with van der Waals surface area (Å²) in [5, 5.41) is 29.1. The number of carbonyl (C=O) groups is 3. The van der Waals surface area contributed by atoms with Gasteiger partial charge in [0.25, 0.3) is 11.8 Å². The number of ether oxygens (including phenoxy) is 1. The molecule has 11 heteroatoms. The molecule has 2 aromatic rings. The van der Waals surface area contributed by atoms with Crippen molar-refractivity contribution in [3.63, 3.8) is 0 Å². The van der Waals surface area contributed by atoms with E-state index in [4.69, 9.17) is 21.0 Å². The van der Waals surface area contributed by atoms with Crippen molar-refractivity contribution in [2.45, 2.75) is 12.2 Å². The van der Waals surface area contributed by atoms with Gasteiger partial charge in [0.2, 0.25) is 0 Å². The molecule has 1 aliphatic heterocycles. The molecule has 1 aromatic heterocycles. The number of nitrogens with zero attached hydrogens (tertiary/aromatic N) is 2. The van der Waals surface area contributed by atoms with Crippen LogP contribution in [0.5, 0.6) is 0 Å². The number of aromatic nitrogens is 1. The molecule has 30 heavy (non-hydrogen) atoms. The highest BCUT2D eigenvalue weighted by Gasteiger charge is 2.39. The number of carboxylic acids is 1. The number of nitrogens with one attached hydrogen (secondary N) is 2. The van der Waals surface area contributed by atoms with Crippen molar-refractivity contribution < 1.29 is 29.3 Å². The van der Waals surface area contributed by atoms with Crippen molar-refractivity contribution in [3.05, 3.63) is 53.9 Å². The zero-order chi connectivity index (χ0) is 21.8. The standard InChI is InChI=1S/C19H19N5O6/c20-16(21)10-1-3-11(4-2-10)23-17(26)14(25)15-18(27)24(7-8-30-15)12-5-6-13(19(28)29)22-9-12/h1-6,9,14-15,25H,7-8H2,(H3,20,21)(H,23,26)(H,28,29)/t14-,15-/m1/s1. The lowest BCUT2D eigenvalue weighted by atomic mass is 10.1. The van der Waals surface area contributed by atoms with Gasteiger partial charge in [-0.05, 0) is 36.4 Å². The van der Waals surface area contributed by atoms with Gasteiger partial charge < -0.3 is 30.9 Å². The maximum atomic E-state index is 12.7. The Hall–Kier alpha value is -3.83. The van der Waals surface area contributed by atoms with Gasteiger partial charge in [-0.25, -0.2) is 9.78 Å². The fraction of sp³-hybridized carbons (Fsp3) is 0.211. The lowest BCUT2D eigenvalue weighted by molar-refractivity contribution is -0.150. The van der Waals surface area contributed by atoms with E-state index in [2.05, 4.69) is 10.3 Å². The molecule has 0 unspecified atom stereocenters. The summed E-state index contributed by atoms with van der Waals surface area (Å²) in [6.07, 6.45) is -1.99. The number of morpholine rings is 1. The first-order chi connectivity index (χ1) is 14.3. The zero-order valence-corrected chi connectivity index (χ0v) is 15.6. The molecular formula is C19H19N5O6. The third-order valence-electron chi connectivity index (χ3n) is 4.42. The number of aliphatic hydroxyl groups excluding tert-OH is 1. The van der Waals surface area contributed by atoms with Crippen LogP contribution in [-0.4, -0.2) is 64.2 Å². The first-order valence-corrected chi connectivity index (χ1v) is 8.83. The lowest BCUT2D eigenvalue weighted by Crippen LogP contribution is -2.55. The third-order valence-corrected chi connectivity index (χ3v) is 4.42. The first kappa shape index (κ1) is 20.9. The van der Waals surface area contributed by atoms with E-state index in [0.717, 1.165) is 0 Å². The molecule has 1 aromatic carbocycles. The second-order valence-electron chi connectivity index (χ2n) is 6.41. The lowest BCUT2D eigenvalue weighted by Gasteiger charge is -2.33. The zero-order valence-electron chi connectivity index (χ0n) is 15.6. The quantitative estimate of drug-likeness (QED) is 0.319. The molecule has 1 aliphatic rings. The summed E-state index contributed by atoms with van der Waals surface area (Å²) in [5.74, 6) is -2.82. The Kier molecular flexibility index (Phi) is 6.04.